The second kappa shape index (κ2) is 9.54. The van der Waals surface area contributed by atoms with E-state index >= 15 is 0 Å². The van der Waals surface area contributed by atoms with Crippen molar-refractivity contribution in [2.45, 2.75) is 19.4 Å². The first kappa shape index (κ1) is 19.4. The Labute approximate surface area is 166 Å². The van der Waals surface area contributed by atoms with E-state index in [0.717, 1.165) is 45.7 Å². The third-order valence-electron chi connectivity index (χ3n) is 5.04. The zero-order valence-corrected chi connectivity index (χ0v) is 17.6. The van der Waals surface area contributed by atoms with E-state index in [-0.39, 0.29) is 0 Å². The van der Waals surface area contributed by atoms with Crippen LogP contribution in [-0.4, -0.2) is 56.6 Å². The van der Waals surface area contributed by atoms with Gasteiger partial charge in [0.2, 0.25) is 0 Å². The number of aryl methyl sites for hydroxylation is 1. The van der Waals surface area contributed by atoms with Crippen molar-refractivity contribution in [1.29, 1.82) is 0 Å². The molecule has 0 unspecified atom stereocenters. The molecule has 0 N–H and O–H groups in total. The van der Waals surface area contributed by atoms with E-state index in [2.05, 4.69) is 93.3 Å². The predicted octanol–water partition coefficient (Wildman–Crippen LogP) is 4.27. The number of hydrogen-bond acceptors (Lipinski definition) is 3. The molecule has 0 aliphatic carbocycles. The second-order valence-electron chi connectivity index (χ2n) is 7.44. The number of benzene rings is 2. The molecule has 1 aliphatic rings. The quantitative estimate of drug-likeness (QED) is 0.668. The van der Waals surface area contributed by atoms with Gasteiger partial charge in [-0.2, -0.15) is 0 Å². The topological polar surface area (TPSA) is 9.72 Å². The monoisotopic (exact) mass is 415 g/mol. The van der Waals surface area contributed by atoms with Crippen molar-refractivity contribution in [3.05, 3.63) is 64.1 Å². The standard InChI is InChI=1S/C22H30BrN3/c1-24(2)12-6-9-19-10-11-22(21(23)17-19)26-15-13-25(14-16-26)18-20-7-4-3-5-8-20/h3-5,7-8,10-11,17H,6,9,12-16,18H2,1-2H3. The highest BCUT2D eigenvalue weighted by Crippen LogP contribution is 2.29. The van der Waals surface area contributed by atoms with Crippen LogP contribution in [0.15, 0.2) is 53.0 Å². The van der Waals surface area contributed by atoms with E-state index in [1.807, 2.05) is 0 Å². The van der Waals surface area contributed by atoms with Crippen LogP contribution in [0, 0.1) is 0 Å². The minimum atomic E-state index is 1.06. The van der Waals surface area contributed by atoms with Gasteiger partial charge in [-0.3, -0.25) is 4.90 Å². The first-order chi connectivity index (χ1) is 12.6. The van der Waals surface area contributed by atoms with E-state index in [0.29, 0.717) is 0 Å². The molecule has 26 heavy (non-hydrogen) atoms. The molecule has 0 aromatic heterocycles. The summed E-state index contributed by atoms with van der Waals surface area (Å²) in [6.07, 6.45) is 2.35. The minimum Gasteiger partial charge on any atom is -0.368 e. The van der Waals surface area contributed by atoms with Crippen LogP contribution in [-0.2, 0) is 13.0 Å². The molecular weight excluding hydrogens is 386 g/mol. The Hall–Kier alpha value is -1.36. The first-order valence-electron chi connectivity index (χ1n) is 9.56. The van der Waals surface area contributed by atoms with Gasteiger partial charge in [0, 0.05) is 37.2 Å². The minimum absolute atomic E-state index is 1.06. The van der Waals surface area contributed by atoms with Gasteiger partial charge in [-0.15, -0.1) is 0 Å². The Bertz CT molecular complexity index is 679. The summed E-state index contributed by atoms with van der Waals surface area (Å²) in [7, 11) is 4.27. The summed E-state index contributed by atoms with van der Waals surface area (Å²) in [6, 6.07) is 17.7. The molecule has 0 saturated carbocycles. The van der Waals surface area contributed by atoms with Crippen LogP contribution in [0.2, 0.25) is 0 Å². The zero-order chi connectivity index (χ0) is 18.4. The Morgan fingerprint density at radius 1 is 0.923 bits per heavy atom. The molecule has 1 fully saturated rings. The molecule has 3 nitrogen and oxygen atoms in total. The van der Waals surface area contributed by atoms with Crippen LogP contribution < -0.4 is 4.90 Å². The van der Waals surface area contributed by atoms with Crippen LogP contribution in [0.1, 0.15) is 17.5 Å². The molecule has 0 bridgehead atoms. The Balaban J connectivity index is 1.52. The Morgan fingerprint density at radius 2 is 1.65 bits per heavy atom. The fourth-order valence-corrected chi connectivity index (χ4v) is 4.23. The molecule has 1 saturated heterocycles. The molecule has 1 heterocycles. The van der Waals surface area contributed by atoms with Crippen molar-refractivity contribution in [2.24, 2.45) is 0 Å². The highest BCUT2D eigenvalue weighted by Gasteiger charge is 2.19. The van der Waals surface area contributed by atoms with Gasteiger partial charge in [-0.05, 0) is 72.7 Å². The lowest BCUT2D eigenvalue weighted by atomic mass is 10.1. The van der Waals surface area contributed by atoms with Gasteiger partial charge in [0.05, 0.1) is 5.69 Å². The summed E-state index contributed by atoms with van der Waals surface area (Å²) in [5.74, 6) is 0. The number of piperazine rings is 1. The van der Waals surface area contributed by atoms with Crippen molar-refractivity contribution < 1.29 is 0 Å². The van der Waals surface area contributed by atoms with E-state index in [1.165, 1.54) is 27.7 Å². The molecular formula is C22H30BrN3. The molecule has 140 valence electrons. The van der Waals surface area contributed by atoms with Crippen LogP contribution >= 0.6 is 15.9 Å². The molecule has 2 aromatic carbocycles. The highest BCUT2D eigenvalue weighted by atomic mass is 79.9. The highest BCUT2D eigenvalue weighted by molar-refractivity contribution is 9.10. The summed E-state index contributed by atoms with van der Waals surface area (Å²) >= 11 is 3.81. The predicted molar refractivity (Wildman–Crippen MR) is 115 cm³/mol. The molecule has 0 atom stereocenters. The largest absolute Gasteiger partial charge is 0.368 e. The normalized spacial score (nSPS) is 15.6. The van der Waals surface area contributed by atoms with Gasteiger partial charge < -0.3 is 9.80 Å². The Kier molecular flexibility index (Phi) is 7.12. The van der Waals surface area contributed by atoms with Crippen LogP contribution in [0.4, 0.5) is 5.69 Å². The number of halogens is 1. The van der Waals surface area contributed by atoms with E-state index in [9.17, 15) is 0 Å². The summed E-state index contributed by atoms with van der Waals surface area (Å²) in [6.45, 7) is 6.61. The molecule has 0 spiro atoms. The van der Waals surface area contributed by atoms with E-state index in [4.69, 9.17) is 0 Å². The molecule has 2 aromatic rings. The maximum absolute atomic E-state index is 3.81. The van der Waals surface area contributed by atoms with Crippen molar-refractivity contribution in [3.8, 4) is 0 Å². The van der Waals surface area contributed by atoms with Gasteiger partial charge in [-0.1, -0.05) is 36.4 Å². The Morgan fingerprint density at radius 3 is 2.31 bits per heavy atom. The second-order valence-corrected chi connectivity index (χ2v) is 8.30. The van der Waals surface area contributed by atoms with Crippen molar-refractivity contribution in [1.82, 2.24) is 9.80 Å². The van der Waals surface area contributed by atoms with Gasteiger partial charge >= 0.3 is 0 Å². The van der Waals surface area contributed by atoms with Gasteiger partial charge in [0.15, 0.2) is 0 Å². The van der Waals surface area contributed by atoms with Crippen LogP contribution in [0.5, 0.6) is 0 Å². The SMILES string of the molecule is CN(C)CCCc1ccc(N2CCN(Cc3ccccc3)CC2)c(Br)c1. The maximum atomic E-state index is 3.81. The van der Waals surface area contributed by atoms with Crippen molar-refractivity contribution >= 4 is 21.6 Å². The van der Waals surface area contributed by atoms with Gasteiger partial charge in [-0.25, -0.2) is 0 Å². The van der Waals surface area contributed by atoms with Crippen molar-refractivity contribution in [3.63, 3.8) is 0 Å². The molecule has 4 heteroatoms. The van der Waals surface area contributed by atoms with Crippen LogP contribution in [0.25, 0.3) is 0 Å². The summed E-state index contributed by atoms with van der Waals surface area (Å²) < 4.78 is 1.23. The summed E-state index contributed by atoms with van der Waals surface area (Å²) in [5, 5.41) is 0. The lowest BCUT2D eigenvalue weighted by Crippen LogP contribution is -2.46. The third-order valence-corrected chi connectivity index (χ3v) is 5.68. The van der Waals surface area contributed by atoms with Crippen LogP contribution in [0.3, 0.4) is 0 Å². The van der Waals surface area contributed by atoms with Gasteiger partial charge in [0.1, 0.15) is 0 Å². The van der Waals surface area contributed by atoms with E-state index in [1.54, 1.807) is 0 Å². The number of nitrogens with zero attached hydrogens (tertiary/aromatic N) is 3. The molecule has 0 amide bonds. The zero-order valence-electron chi connectivity index (χ0n) is 16.0. The smallest absolute Gasteiger partial charge is 0.0511 e. The average molecular weight is 416 g/mol. The molecule has 0 radical (unpaired) electrons. The maximum Gasteiger partial charge on any atom is 0.0511 e. The first-order valence-corrected chi connectivity index (χ1v) is 10.4. The lowest BCUT2D eigenvalue weighted by Gasteiger charge is -2.36. The average Bonchev–Trinajstić information content (AvgIpc) is 2.63. The summed E-state index contributed by atoms with van der Waals surface area (Å²) in [4.78, 5) is 7.31. The third kappa shape index (κ3) is 5.57. The fraction of sp³-hybridized carbons (Fsp3) is 0.455. The summed E-state index contributed by atoms with van der Waals surface area (Å²) in [5.41, 5.74) is 4.16. The number of anilines is 1. The molecule has 3 rings (SSSR count). The number of hydrogen-bond donors (Lipinski definition) is 0. The fourth-order valence-electron chi connectivity index (χ4n) is 3.55. The molecule has 1 aliphatic heterocycles. The van der Waals surface area contributed by atoms with Gasteiger partial charge in [0.25, 0.3) is 0 Å². The number of rotatable bonds is 7. The van der Waals surface area contributed by atoms with Crippen molar-refractivity contribution in [2.75, 3.05) is 51.7 Å². The van der Waals surface area contributed by atoms with E-state index < -0.39 is 0 Å². The lowest BCUT2D eigenvalue weighted by molar-refractivity contribution is 0.250.